The van der Waals surface area contributed by atoms with Crippen LogP contribution in [0.1, 0.15) is 0 Å². The number of rotatable bonds is 1. The van der Waals surface area contributed by atoms with Gasteiger partial charge in [0.25, 0.3) is 0 Å². The van der Waals surface area contributed by atoms with Crippen molar-refractivity contribution in [2.75, 3.05) is 12.4 Å². The summed E-state index contributed by atoms with van der Waals surface area (Å²) in [4.78, 5) is 21.1. The first-order chi connectivity index (χ1) is 4.74. The molecule has 0 saturated carbocycles. The Kier molecular flexibility index (Phi) is 2.16. The third-order valence-corrected chi connectivity index (χ3v) is 1.37. The number of cyclic esters (lactones) is 2. The Morgan fingerprint density at radius 1 is 1.60 bits per heavy atom. The topological polar surface area (TPSA) is 52.6 Å². The summed E-state index contributed by atoms with van der Waals surface area (Å²) in [6, 6.07) is 0. The van der Waals surface area contributed by atoms with Gasteiger partial charge in [0.1, 0.15) is 0 Å². The molecule has 56 valence electrons. The maximum absolute atomic E-state index is 10.6. The minimum atomic E-state index is -0.815. The molecular formula is C5H6O4S. The van der Waals surface area contributed by atoms with Gasteiger partial charge >= 0.3 is 11.9 Å². The molecule has 1 saturated heterocycles. The molecule has 10 heavy (non-hydrogen) atoms. The van der Waals surface area contributed by atoms with Crippen LogP contribution in [-0.2, 0) is 19.1 Å². The fraction of sp³-hybridized carbons (Fsp3) is 0.600. The standard InChI is InChI=1S/C5H6O4S/c6-4-1-8-5(7)3(2-10)9-4/h3,10H,1-2H2. The van der Waals surface area contributed by atoms with E-state index in [9.17, 15) is 9.59 Å². The van der Waals surface area contributed by atoms with Crippen LogP contribution >= 0.6 is 12.6 Å². The van der Waals surface area contributed by atoms with E-state index in [-0.39, 0.29) is 12.4 Å². The molecule has 0 radical (unpaired) electrons. The Labute approximate surface area is 62.9 Å². The lowest BCUT2D eigenvalue weighted by atomic mass is 10.4. The van der Waals surface area contributed by atoms with Gasteiger partial charge in [0.2, 0.25) is 6.10 Å². The molecule has 0 aliphatic carbocycles. The third kappa shape index (κ3) is 1.41. The van der Waals surface area contributed by atoms with Crippen LogP contribution < -0.4 is 0 Å². The zero-order valence-electron chi connectivity index (χ0n) is 5.07. The predicted octanol–water partition coefficient (Wildman–Crippen LogP) is -0.615. The van der Waals surface area contributed by atoms with Gasteiger partial charge in [-0.2, -0.15) is 12.6 Å². The fourth-order valence-corrected chi connectivity index (χ4v) is 0.799. The Morgan fingerprint density at radius 3 is 2.80 bits per heavy atom. The minimum Gasteiger partial charge on any atom is -0.451 e. The van der Waals surface area contributed by atoms with Crippen molar-refractivity contribution in [1.29, 1.82) is 0 Å². The van der Waals surface area contributed by atoms with Gasteiger partial charge in [0.15, 0.2) is 6.61 Å². The van der Waals surface area contributed by atoms with Gasteiger partial charge < -0.3 is 9.47 Å². The van der Waals surface area contributed by atoms with Crippen molar-refractivity contribution in [3.05, 3.63) is 0 Å². The summed E-state index contributed by atoms with van der Waals surface area (Å²) in [6.45, 7) is -0.275. The van der Waals surface area contributed by atoms with E-state index in [0.29, 0.717) is 0 Å². The highest BCUT2D eigenvalue weighted by atomic mass is 32.1. The van der Waals surface area contributed by atoms with Crippen molar-refractivity contribution in [2.45, 2.75) is 6.10 Å². The molecule has 1 unspecified atom stereocenters. The molecule has 1 heterocycles. The van der Waals surface area contributed by atoms with Crippen LogP contribution in [0, 0.1) is 0 Å². The molecule has 1 atom stereocenters. The smallest absolute Gasteiger partial charge is 0.348 e. The molecule has 1 fully saturated rings. The van der Waals surface area contributed by atoms with E-state index in [2.05, 4.69) is 22.1 Å². The first kappa shape index (κ1) is 7.40. The zero-order valence-corrected chi connectivity index (χ0v) is 5.97. The molecular weight excluding hydrogens is 156 g/mol. The monoisotopic (exact) mass is 162 g/mol. The van der Waals surface area contributed by atoms with Gasteiger partial charge in [-0.05, 0) is 0 Å². The highest BCUT2D eigenvalue weighted by molar-refractivity contribution is 7.80. The minimum absolute atomic E-state index is 0.171. The van der Waals surface area contributed by atoms with Crippen LogP contribution in [0.3, 0.4) is 0 Å². The van der Waals surface area contributed by atoms with Crippen LogP contribution in [0.4, 0.5) is 0 Å². The Balaban J connectivity index is 2.53. The van der Waals surface area contributed by atoms with Gasteiger partial charge in [-0.25, -0.2) is 9.59 Å². The maximum atomic E-state index is 10.6. The van der Waals surface area contributed by atoms with E-state index in [4.69, 9.17) is 0 Å². The van der Waals surface area contributed by atoms with E-state index in [1.807, 2.05) is 0 Å². The van der Waals surface area contributed by atoms with Crippen molar-refractivity contribution in [2.24, 2.45) is 0 Å². The molecule has 0 N–H and O–H groups in total. The van der Waals surface area contributed by atoms with E-state index < -0.39 is 18.0 Å². The van der Waals surface area contributed by atoms with E-state index in [0.717, 1.165) is 0 Å². The summed E-state index contributed by atoms with van der Waals surface area (Å²) in [7, 11) is 0. The van der Waals surface area contributed by atoms with Gasteiger partial charge in [-0.1, -0.05) is 0 Å². The molecule has 0 spiro atoms. The van der Waals surface area contributed by atoms with Crippen molar-refractivity contribution < 1.29 is 19.1 Å². The van der Waals surface area contributed by atoms with Crippen LogP contribution in [0.15, 0.2) is 0 Å². The third-order valence-electron chi connectivity index (χ3n) is 1.03. The summed E-state index contributed by atoms with van der Waals surface area (Å²) in [5.41, 5.74) is 0. The lowest BCUT2D eigenvalue weighted by Crippen LogP contribution is -2.38. The summed E-state index contributed by atoms with van der Waals surface area (Å²) in [5, 5.41) is 0. The number of thiol groups is 1. The average Bonchev–Trinajstić information content (AvgIpc) is 1.94. The van der Waals surface area contributed by atoms with Crippen LogP contribution in [-0.4, -0.2) is 30.4 Å². The quantitative estimate of drug-likeness (QED) is 0.412. The molecule has 1 aliphatic rings. The molecule has 0 aromatic carbocycles. The summed E-state index contributed by atoms with van der Waals surface area (Å²) < 4.78 is 8.99. The lowest BCUT2D eigenvalue weighted by Gasteiger charge is -2.18. The number of hydrogen-bond donors (Lipinski definition) is 1. The number of carbonyl (C=O) groups is 2. The van der Waals surface area contributed by atoms with Crippen LogP contribution in [0.2, 0.25) is 0 Å². The molecule has 0 aromatic rings. The van der Waals surface area contributed by atoms with Gasteiger partial charge in [0, 0.05) is 5.75 Å². The summed E-state index contributed by atoms with van der Waals surface area (Å²) in [5.74, 6) is -0.863. The largest absolute Gasteiger partial charge is 0.451 e. The normalized spacial score (nSPS) is 25.5. The molecule has 4 nitrogen and oxygen atoms in total. The van der Waals surface area contributed by atoms with Crippen molar-refractivity contribution in [3.8, 4) is 0 Å². The average molecular weight is 162 g/mol. The molecule has 5 heteroatoms. The van der Waals surface area contributed by atoms with Crippen molar-refractivity contribution in [3.63, 3.8) is 0 Å². The molecule has 1 aliphatic heterocycles. The number of ether oxygens (including phenoxy) is 2. The highest BCUT2D eigenvalue weighted by Crippen LogP contribution is 2.04. The van der Waals surface area contributed by atoms with Crippen LogP contribution in [0.5, 0.6) is 0 Å². The summed E-state index contributed by atoms with van der Waals surface area (Å²) in [6.07, 6.45) is -0.815. The fourth-order valence-electron chi connectivity index (χ4n) is 0.576. The number of carbonyl (C=O) groups excluding carboxylic acids is 2. The van der Waals surface area contributed by atoms with Crippen LogP contribution in [0.25, 0.3) is 0 Å². The second-order valence-electron chi connectivity index (χ2n) is 1.77. The Morgan fingerprint density at radius 2 is 2.30 bits per heavy atom. The number of hydrogen-bond acceptors (Lipinski definition) is 5. The molecule has 0 amide bonds. The second-order valence-corrected chi connectivity index (χ2v) is 2.13. The predicted molar refractivity (Wildman–Crippen MR) is 34.7 cm³/mol. The first-order valence-electron chi connectivity index (χ1n) is 2.71. The van der Waals surface area contributed by atoms with E-state index >= 15 is 0 Å². The van der Waals surface area contributed by atoms with Gasteiger partial charge in [-0.15, -0.1) is 0 Å². The number of esters is 2. The molecule has 1 rings (SSSR count). The van der Waals surface area contributed by atoms with Gasteiger partial charge in [0.05, 0.1) is 0 Å². The van der Waals surface area contributed by atoms with Crippen molar-refractivity contribution >= 4 is 24.6 Å². The Hall–Kier alpha value is -0.710. The lowest BCUT2D eigenvalue weighted by molar-refractivity contribution is -0.182. The van der Waals surface area contributed by atoms with Crippen molar-refractivity contribution in [1.82, 2.24) is 0 Å². The molecule has 0 aromatic heterocycles. The Bertz CT molecular complexity index is 167. The second kappa shape index (κ2) is 2.92. The zero-order chi connectivity index (χ0) is 7.56. The van der Waals surface area contributed by atoms with E-state index in [1.54, 1.807) is 0 Å². The first-order valence-corrected chi connectivity index (χ1v) is 3.34. The van der Waals surface area contributed by atoms with E-state index in [1.165, 1.54) is 0 Å². The SMILES string of the molecule is O=C1COC(=O)C(CS)O1. The maximum Gasteiger partial charge on any atom is 0.348 e. The molecule has 0 bridgehead atoms. The highest BCUT2D eigenvalue weighted by Gasteiger charge is 2.28. The van der Waals surface area contributed by atoms with Gasteiger partial charge in [-0.3, -0.25) is 0 Å². The summed E-state index contributed by atoms with van der Waals surface area (Å²) >= 11 is 3.79.